The summed E-state index contributed by atoms with van der Waals surface area (Å²) in [7, 11) is 3.01. The Kier molecular flexibility index (Phi) is 4.85. The lowest BCUT2D eigenvalue weighted by Crippen LogP contribution is -2.24. The first-order valence-electron chi connectivity index (χ1n) is 7.43. The molecule has 0 saturated carbocycles. The van der Waals surface area contributed by atoms with Gasteiger partial charge in [-0.05, 0) is 18.2 Å². The summed E-state index contributed by atoms with van der Waals surface area (Å²) in [5.74, 6) is 0.757. The number of aromatic nitrogens is 2. The number of fused-ring (bicyclic) bond motifs is 1. The van der Waals surface area contributed by atoms with Crippen molar-refractivity contribution in [3.05, 3.63) is 63.1 Å². The van der Waals surface area contributed by atoms with Gasteiger partial charge in [0.25, 0.3) is 5.56 Å². The van der Waals surface area contributed by atoms with Crippen molar-refractivity contribution in [2.24, 2.45) is 0 Å². The first-order valence-corrected chi connectivity index (χ1v) is 8.22. The van der Waals surface area contributed by atoms with Crippen LogP contribution < -0.4 is 15.0 Å². The Morgan fingerprint density at radius 1 is 1.12 bits per heavy atom. The highest BCUT2D eigenvalue weighted by atomic mass is 79.9. The van der Waals surface area contributed by atoms with Crippen molar-refractivity contribution in [1.82, 2.24) is 9.55 Å². The lowest BCUT2D eigenvalue weighted by Gasteiger charge is -2.10. The van der Waals surface area contributed by atoms with Gasteiger partial charge < -0.3 is 9.47 Å². The molecule has 0 radical (unpaired) electrons. The molecule has 0 atom stereocenters. The Morgan fingerprint density at radius 2 is 1.76 bits per heavy atom. The number of carbonyl (C=O) groups is 1. The van der Waals surface area contributed by atoms with Gasteiger partial charge in [0.15, 0.2) is 17.3 Å². The van der Waals surface area contributed by atoms with Crippen molar-refractivity contribution >= 4 is 32.6 Å². The highest BCUT2D eigenvalue weighted by Crippen LogP contribution is 2.29. The van der Waals surface area contributed by atoms with Crippen molar-refractivity contribution in [2.45, 2.75) is 6.54 Å². The van der Waals surface area contributed by atoms with Gasteiger partial charge in [-0.1, -0.05) is 28.1 Å². The first-order chi connectivity index (χ1) is 12.0. The molecule has 0 aliphatic carbocycles. The van der Waals surface area contributed by atoms with E-state index in [4.69, 9.17) is 9.47 Å². The molecule has 0 saturated heterocycles. The van der Waals surface area contributed by atoms with Crippen LogP contribution in [-0.4, -0.2) is 29.6 Å². The zero-order valence-corrected chi connectivity index (χ0v) is 15.2. The fraction of sp³-hybridized carbons (Fsp3) is 0.167. The van der Waals surface area contributed by atoms with Crippen LogP contribution in [0.25, 0.3) is 10.9 Å². The summed E-state index contributed by atoms with van der Waals surface area (Å²) in [4.78, 5) is 29.3. The molecule has 25 heavy (non-hydrogen) atoms. The molecule has 2 aromatic carbocycles. The first kappa shape index (κ1) is 17.2. The number of Topliss-reactive ketones (excluding diaryl/α,β-unsaturated/α-hetero) is 1. The SMILES string of the molecule is COc1cc2ncn(CC(=O)c3ccc(Br)cc3)c(=O)c2cc1OC. The molecule has 0 unspecified atom stereocenters. The highest BCUT2D eigenvalue weighted by molar-refractivity contribution is 9.10. The molecule has 128 valence electrons. The number of carbonyl (C=O) groups excluding carboxylic acids is 1. The summed E-state index contributed by atoms with van der Waals surface area (Å²) >= 11 is 3.33. The molecule has 0 aliphatic heterocycles. The van der Waals surface area contributed by atoms with Crippen LogP contribution in [0, 0.1) is 0 Å². The van der Waals surface area contributed by atoms with E-state index in [1.165, 1.54) is 25.1 Å². The quantitative estimate of drug-likeness (QED) is 0.613. The van der Waals surface area contributed by atoms with Crippen LogP contribution in [0.1, 0.15) is 10.4 Å². The van der Waals surface area contributed by atoms with Crippen molar-refractivity contribution in [3.63, 3.8) is 0 Å². The topological polar surface area (TPSA) is 70.4 Å². The van der Waals surface area contributed by atoms with Crippen molar-refractivity contribution in [2.75, 3.05) is 14.2 Å². The van der Waals surface area contributed by atoms with E-state index in [1.807, 2.05) is 0 Å². The van der Waals surface area contributed by atoms with E-state index < -0.39 is 0 Å². The predicted molar refractivity (Wildman–Crippen MR) is 97.6 cm³/mol. The van der Waals surface area contributed by atoms with Gasteiger partial charge in [-0.25, -0.2) is 4.98 Å². The molecule has 0 N–H and O–H groups in total. The van der Waals surface area contributed by atoms with Crippen LogP contribution in [0.2, 0.25) is 0 Å². The van der Waals surface area contributed by atoms with Crippen LogP contribution in [-0.2, 0) is 6.54 Å². The number of methoxy groups -OCH3 is 2. The van der Waals surface area contributed by atoms with Gasteiger partial charge in [0.1, 0.15) is 0 Å². The van der Waals surface area contributed by atoms with Gasteiger partial charge >= 0.3 is 0 Å². The van der Waals surface area contributed by atoms with Crippen molar-refractivity contribution < 1.29 is 14.3 Å². The maximum absolute atomic E-state index is 12.7. The number of halogens is 1. The number of nitrogens with zero attached hydrogens (tertiary/aromatic N) is 2. The van der Waals surface area contributed by atoms with Crippen LogP contribution in [0.15, 0.2) is 52.0 Å². The van der Waals surface area contributed by atoms with E-state index in [1.54, 1.807) is 36.4 Å². The molecule has 6 nitrogen and oxygen atoms in total. The second kappa shape index (κ2) is 7.06. The largest absolute Gasteiger partial charge is 0.493 e. The monoisotopic (exact) mass is 402 g/mol. The average Bonchev–Trinajstić information content (AvgIpc) is 2.63. The van der Waals surface area contributed by atoms with Gasteiger partial charge in [-0.2, -0.15) is 0 Å². The van der Waals surface area contributed by atoms with Crippen LogP contribution in [0.4, 0.5) is 0 Å². The average molecular weight is 403 g/mol. The normalized spacial score (nSPS) is 10.7. The van der Waals surface area contributed by atoms with E-state index in [-0.39, 0.29) is 17.9 Å². The van der Waals surface area contributed by atoms with Crippen molar-refractivity contribution in [3.8, 4) is 11.5 Å². The van der Waals surface area contributed by atoms with Gasteiger partial charge in [0.2, 0.25) is 0 Å². The maximum Gasteiger partial charge on any atom is 0.261 e. The van der Waals surface area contributed by atoms with Crippen LogP contribution in [0.5, 0.6) is 11.5 Å². The summed E-state index contributed by atoms with van der Waals surface area (Å²) in [5.41, 5.74) is 0.703. The molecule has 1 heterocycles. The summed E-state index contributed by atoms with van der Waals surface area (Å²) in [5, 5.41) is 0.365. The molecule has 7 heteroatoms. The Morgan fingerprint density at radius 3 is 2.40 bits per heavy atom. The van der Waals surface area contributed by atoms with Gasteiger partial charge in [0, 0.05) is 16.1 Å². The summed E-state index contributed by atoms with van der Waals surface area (Å²) < 4.78 is 12.6. The molecular weight excluding hydrogens is 388 g/mol. The zero-order chi connectivity index (χ0) is 18.0. The zero-order valence-electron chi connectivity index (χ0n) is 13.7. The minimum atomic E-state index is -0.309. The minimum absolute atomic E-state index is 0.0856. The second-order valence-corrected chi connectivity index (χ2v) is 6.25. The molecule has 1 aromatic heterocycles. The number of hydrogen-bond donors (Lipinski definition) is 0. The van der Waals surface area contributed by atoms with E-state index in [9.17, 15) is 9.59 Å². The van der Waals surface area contributed by atoms with Gasteiger partial charge in [-0.15, -0.1) is 0 Å². The molecule has 0 amide bonds. The number of ketones is 1. The maximum atomic E-state index is 12.7. The third kappa shape index (κ3) is 3.41. The lowest BCUT2D eigenvalue weighted by molar-refractivity contribution is 0.0970. The number of ether oxygens (including phenoxy) is 2. The molecule has 3 aromatic rings. The fourth-order valence-electron chi connectivity index (χ4n) is 2.48. The smallest absolute Gasteiger partial charge is 0.261 e. The molecule has 0 bridgehead atoms. The Bertz CT molecular complexity index is 996. The Balaban J connectivity index is 2.00. The number of rotatable bonds is 5. The molecule has 0 spiro atoms. The van der Waals surface area contributed by atoms with Crippen LogP contribution in [0.3, 0.4) is 0 Å². The van der Waals surface area contributed by atoms with E-state index >= 15 is 0 Å². The Labute approximate surface area is 152 Å². The number of benzene rings is 2. The van der Waals surface area contributed by atoms with Crippen molar-refractivity contribution in [1.29, 1.82) is 0 Å². The third-order valence-electron chi connectivity index (χ3n) is 3.81. The van der Waals surface area contributed by atoms with E-state index in [0.29, 0.717) is 28.0 Å². The summed E-state index contributed by atoms with van der Waals surface area (Å²) in [6.45, 7) is -0.0856. The molecule has 3 rings (SSSR count). The molecule has 0 fully saturated rings. The molecule has 0 aliphatic rings. The Hall–Kier alpha value is -2.67. The third-order valence-corrected chi connectivity index (χ3v) is 4.34. The van der Waals surface area contributed by atoms with Gasteiger partial charge in [-0.3, -0.25) is 14.2 Å². The molecular formula is C18H15BrN2O4. The standard InChI is InChI=1S/C18H15BrN2O4/c1-24-16-7-13-14(8-17(16)25-2)20-10-21(18(13)23)9-15(22)11-3-5-12(19)6-4-11/h3-8,10H,9H2,1-2H3. The highest BCUT2D eigenvalue weighted by Gasteiger charge is 2.13. The predicted octanol–water partition coefficient (Wildman–Crippen LogP) is 3.06. The van der Waals surface area contributed by atoms with Gasteiger partial charge in [0.05, 0.1) is 38.0 Å². The minimum Gasteiger partial charge on any atom is -0.493 e. The van der Waals surface area contributed by atoms with Crippen LogP contribution >= 0.6 is 15.9 Å². The lowest BCUT2D eigenvalue weighted by atomic mass is 10.1. The summed E-state index contributed by atoms with van der Waals surface area (Å²) in [6, 6.07) is 10.2. The second-order valence-electron chi connectivity index (χ2n) is 5.33. The fourth-order valence-corrected chi connectivity index (χ4v) is 2.74. The van der Waals surface area contributed by atoms with E-state index in [2.05, 4.69) is 20.9 Å². The summed E-state index contributed by atoms with van der Waals surface area (Å²) in [6.07, 6.45) is 1.37. The van der Waals surface area contributed by atoms with E-state index in [0.717, 1.165) is 4.47 Å². The number of hydrogen-bond acceptors (Lipinski definition) is 5.